The Balaban J connectivity index is 1.62. The highest BCUT2D eigenvalue weighted by Gasteiger charge is 2.32. The highest BCUT2D eigenvalue weighted by Crippen LogP contribution is 2.27. The van der Waals surface area contributed by atoms with Crippen molar-refractivity contribution in [3.63, 3.8) is 0 Å². The van der Waals surface area contributed by atoms with Gasteiger partial charge in [-0.2, -0.15) is 0 Å². The molecule has 0 spiro atoms. The summed E-state index contributed by atoms with van der Waals surface area (Å²) in [6.07, 6.45) is 5.44. The van der Waals surface area contributed by atoms with Crippen molar-refractivity contribution >= 4 is 39.3 Å². The van der Waals surface area contributed by atoms with Gasteiger partial charge in [-0.3, -0.25) is 9.59 Å². The van der Waals surface area contributed by atoms with Crippen LogP contribution in [0, 0.1) is 0 Å². The van der Waals surface area contributed by atoms with Crippen molar-refractivity contribution in [2.24, 2.45) is 0 Å². The van der Waals surface area contributed by atoms with Crippen molar-refractivity contribution in [2.75, 3.05) is 6.61 Å². The van der Waals surface area contributed by atoms with Gasteiger partial charge >= 0.3 is 0 Å². The zero-order valence-electron chi connectivity index (χ0n) is 21.7. The van der Waals surface area contributed by atoms with E-state index in [1.165, 1.54) is 5.56 Å². The van der Waals surface area contributed by atoms with E-state index in [-0.39, 0.29) is 31.0 Å². The van der Waals surface area contributed by atoms with Gasteiger partial charge in [0.1, 0.15) is 11.8 Å². The first-order chi connectivity index (χ1) is 18.4. The third-order valence-electron chi connectivity index (χ3n) is 7.03. The third-order valence-corrected chi connectivity index (χ3v) is 8.02. The third kappa shape index (κ3) is 7.61. The van der Waals surface area contributed by atoms with Crippen LogP contribution in [0.5, 0.6) is 5.75 Å². The van der Waals surface area contributed by atoms with Crippen LogP contribution in [0.4, 0.5) is 0 Å². The molecule has 0 radical (unpaired) electrons. The lowest BCUT2D eigenvalue weighted by Crippen LogP contribution is -2.53. The van der Waals surface area contributed by atoms with Gasteiger partial charge in [0.2, 0.25) is 5.91 Å². The molecule has 0 aromatic heterocycles. The molecule has 3 aromatic carbocycles. The van der Waals surface area contributed by atoms with Gasteiger partial charge in [-0.25, -0.2) is 0 Å². The zero-order valence-corrected chi connectivity index (χ0v) is 24.0. The first-order valence-corrected chi connectivity index (χ1v) is 14.4. The summed E-state index contributed by atoms with van der Waals surface area (Å²) in [7, 11) is 0. The van der Waals surface area contributed by atoms with E-state index in [9.17, 15) is 9.59 Å². The Kier molecular flexibility index (Phi) is 10.2. The van der Waals surface area contributed by atoms with Gasteiger partial charge in [0.15, 0.2) is 6.61 Å². The zero-order chi connectivity index (χ0) is 26.9. The second kappa shape index (κ2) is 13.8. The van der Waals surface area contributed by atoms with Crippen molar-refractivity contribution in [3.8, 4) is 5.75 Å². The van der Waals surface area contributed by atoms with Crippen LogP contribution < -0.4 is 10.1 Å². The maximum atomic E-state index is 13.8. The summed E-state index contributed by atoms with van der Waals surface area (Å²) in [5.41, 5.74) is 2.93. The molecule has 3 aromatic rings. The van der Waals surface area contributed by atoms with Gasteiger partial charge in [0.05, 0.1) is 4.47 Å². The minimum absolute atomic E-state index is 0.141. The first-order valence-electron chi connectivity index (χ1n) is 13.2. The number of carbonyl (C=O) groups excluding carboxylic acids is 2. The Morgan fingerprint density at radius 1 is 1.03 bits per heavy atom. The minimum atomic E-state index is -0.712. The topological polar surface area (TPSA) is 58.6 Å². The fourth-order valence-electron chi connectivity index (χ4n) is 4.84. The van der Waals surface area contributed by atoms with Crippen molar-refractivity contribution in [2.45, 2.75) is 64.1 Å². The van der Waals surface area contributed by atoms with E-state index in [4.69, 9.17) is 16.3 Å². The first kappa shape index (κ1) is 28.2. The summed E-state index contributed by atoms with van der Waals surface area (Å²) < 4.78 is 6.75. The van der Waals surface area contributed by atoms with Gasteiger partial charge in [0, 0.05) is 24.0 Å². The quantitative estimate of drug-likeness (QED) is 0.266. The average molecular weight is 598 g/mol. The Morgan fingerprint density at radius 3 is 2.42 bits per heavy atom. The smallest absolute Gasteiger partial charge is 0.261 e. The fourth-order valence-corrected chi connectivity index (χ4v) is 5.57. The van der Waals surface area contributed by atoms with Crippen molar-refractivity contribution < 1.29 is 14.3 Å². The Morgan fingerprint density at radius 2 is 1.74 bits per heavy atom. The van der Waals surface area contributed by atoms with Crippen LogP contribution in [-0.2, 0) is 29.0 Å². The van der Waals surface area contributed by atoms with E-state index in [2.05, 4.69) is 28.2 Å². The molecule has 1 aliphatic rings. The van der Waals surface area contributed by atoms with Crippen LogP contribution in [0.2, 0.25) is 5.02 Å². The number of ether oxygens (including phenoxy) is 1. The molecule has 5 nitrogen and oxygen atoms in total. The second-order valence-electron chi connectivity index (χ2n) is 9.72. The summed E-state index contributed by atoms with van der Waals surface area (Å²) in [6.45, 7) is 2.09. The number of carbonyl (C=O) groups is 2. The summed E-state index contributed by atoms with van der Waals surface area (Å²) >= 11 is 10.1. The molecule has 1 fully saturated rings. The number of nitrogens with one attached hydrogen (secondary N) is 1. The number of aryl methyl sites for hydroxylation is 1. The van der Waals surface area contributed by atoms with Gasteiger partial charge in [-0.1, -0.05) is 86.0 Å². The molecule has 7 heteroatoms. The second-order valence-corrected chi connectivity index (χ2v) is 11.0. The average Bonchev–Trinajstić information content (AvgIpc) is 3.44. The van der Waals surface area contributed by atoms with E-state index >= 15 is 0 Å². The van der Waals surface area contributed by atoms with Crippen LogP contribution in [-0.4, -0.2) is 35.4 Å². The molecule has 200 valence electrons. The number of halogens is 2. The summed E-state index contributed by atoms with van der Waals surface area (Å²) in [5, 5.41) is 3.77. The number of rotatable bonds is 11. The number of hydrogen-bond donors (Lipinski definition) is 1. The van der Waals surface area contributed by atoms with E-state index < -0.39 is 6.04 Å². The Labute approximate surface area is 238 Å². The summed E-state index contributed by atoms with van der Waals surface area (Å²) in [6, 6.07) is 22.5. The van der Waals surface area contributed by atoms with Crippen molar-refractivity contribution in [1.82, 2.24) is 10.2 Å². The van der Waals surface area contributed by atoms with E-state index in [0.29, 0.717) is 17.2 Å². The van der Waals surface area contributed by atoms with Crippen LogP contribution >= 0.6 is 27.5 Å². The summed E-state index contributed by atoms with van der Waals surface area (Å²) in [5.74, 6) is 0.164. The molecule has 0 aliphatic heterocycles. The maximum absolute atomic E-state index is 13.8. The molecule has 0 heterocycles. The molecule has 0 unspecified atom stereocenters. The number of benzene rings is 3. The van der Waals surface area contributed by atoms with E-state index in [1.54, 1.807) is 11.0 Å². The monoisotopic (exact) mass is 596 g/mol. The van der Waals surface area contributed by atoms with Crippen LogP contribution in [0.3, 0.4) is 0 Å². The lowest BCUT2D eigenvalue weighted by molar-refractivity contribution is -0.143. The largest absolute Gasteiger partial charge is 0.483 e. The molecule has 4 rings (SSSR count). The molecule has 38 heavy (non-hydrogen) atoms. The highest BCUT2D eigenvalue weighted by atomic mass is 79.9. The lowest BCUT2D eigenvalue weighted by atomic mass is 10.0. The number of amides is 2. The molecule has 1 N–H and O–H groups in total. The SMILES string of the molecule is CCc1ccc(OCC(=O)N(Cc2ccccc2Cl)[C@@H](Cc2ccccc2)C(=O)NC2CCCC2)c(Br)c1. The van der Waals surface area contributed by atoms with Crippen molar-refractivity contribution in [1.29, 1.82) is 0 Å². The van der Waals surface area contributed by atoms with E-state index in [0.717, 1.165) is 47.7 Å². The summed E-state index contributed by atoms with van der Waals surface area (Å²) in [4.78, 5) is 29.2. The van der Waals surface area contributed by atoms with Gasteiger partial charge in [-0.05, 0) is 70.1 Å². The van der Waals surface area contributed by atoms with Gasteiger partial charge in [0.25, 0.3) is 5.91 Å². The lowest BCUT2D eigenvalue weighted by Gasteiger charge is -2.32. The predicted octanol–water partition coefficient (Wildman–Crippen LogP) is 6.74. The fraction of sp³-hybridized carbons (Fsp3) is 0.355. The number of hydrogen-bond acceptors (Lipinski definition) is 3. The number of nitrogens with zero attached hydrogens (tertiary/aromatic N) is 1. The van der Waals surface area contributed by atoms with Crippen LogP contribution in [0.25, 0.3) is 0 Å². The van der Waals surface area contributed by atoms with Crippen LogP contribution in [0.15, 0.2) is 77.3 Å². The molecular formula is C31H34BrClN2O3. The van der Waals surface area contributed by atoms with Crippen molar-refractivity contribution in [3.05, 3.63) is 99.0 Å². The molecule has 0 saturated heterocycles. The maximum Gasteiger partial charge on any atom is 0.261 e. The van der Waals surface area contributed by atoms with Crippen LogP contribution in [0.1, 0.15) is 49.3 Å². The van der Waals surface area contributed by atoms with E-state index in [1.807, 2.05) is 66.7 Å². The predicted molar refractivity (Wildman–Crippen MR) is 155 cm³/mol. The minimum Gasteiger partial charge on any atom is -0.483 e. The highest BCUT2D eigenvalue weighted by molar-refractivity contribution is 9.10. The molecular weight excluding hydrogens is 564 g/mol. The molecule has 1 atom stereocenters. The molecule has 1 aliphatic carbocycles. The Hall–Kier alpha value is -2.83. The molecule has 1 saturated carbocycles. The molecule has 0 bridgehead atoms. The van der Waals surface area contributed by atoms with Gasteiger partial charge in [-0.15, -0.1) is 0 Å². The Bertz CT molecular complexity index is 1230. The normalized spacial score (nSPS) is 14.2. The molecule has 2 amide bonds. The van der Waals surface area contributed by atoms with Gasteiger partial charge < -0.3 is 15.0 Å². The standard InChI is InChI=1S/C31H34BrClN2O3/c1-2-22-16-17-29(26(32)18-22)38-21-30(36)35(20-24-12-6-9-15-27(24)33)28(19-23-10-4-3-5-11-23)31(37)34-25-13-7-8-14-25/h3-6,9-12,15-18,25,28H,2,7-8,13-14,19-21H2,1H3,(H,34,37)/t28-/m0/s1.